The van der Waals surface area contributed by atoms with Crippen LogP contribution in [0.4, 0.5) is 8.78 Å². The summed E-state index contributed by atoms with van der Waals surface area (Å²) in [5, 5.41) is 9.09. The molecule has 138 valence electrons. The molecule has 0 aromatic heterocycles. The first-order chi connectivity index (χ1) is 12.1. The van der Waals surface area contributed by atoms with E-state index in [2.05, 4.69) is 20.9 Å². The van der Waals surface area contributed by atoms with Gasteiger partial charge in [-0.15, -0.1) is 0 Å². The summed E-state index contributed by atoms with van der Waals surface area (Å²) in [6.07, 6.45) is 4.81. The third-order valence-corrected chi connectivity index (χ3v) is 4.12. The summed E-state index contributed by atoms with van der Waals surface area (Å²) in [5.74, 6) is -0.490. The molecule has 1 aromatic carbocycles. The molecule has 1 fully saturated rings. The van der Waals surface area contributed by atoms with Crippen molar-refractivity contribution in [2.75, 3.05) is 13.1 Å². The third kappa shape index (κ3) is 6.68. The first kappa shape index (κ1) is 19.1. The Hall–Kier alpha value is -2.18. The molecule has 1 saturated carbocycles. The Labute approximate surface area is 147 Å². The number of hydrogen-bond acceptors (Lipinski definition) is 2. The molecule has 0 heterocycles. The van der Waals surface area contributed by atoms with Crippen LogP contribution < -0.4 is 16.0 Å². The van der Waals surface area contributed by atoms with E-state index in [9.17, 15) is 13.6 Å². The molecule has 1 amide bonds. The second-order valence-corrected chi connectivity index (χ2v) is 6.16. The van der Waals surface area contributed by atoms with E-state index in [1.54, 1.807) is 0 Å². The first-order valence-corrected chi connectivity index (χ1v) is 8.84. The van der Waals surface area contributed by atoms with Crippen LogP contribution in [-0.4, -0.2) is 31.0 Å². The Morgan fingerprint density at radius 3 is 2.72 bits per heavy atom. The Balaban J connectivity index is 1.80. The van der Waals surface area contributed by atoms with Gasteiger partial charge in [-0.1, -0.05) is 12.8 Å². The highest BCUT2D eigenvalue weighted by atomic mass is 19.1. The van der Waals surface area contributed by atoms with E-state index in [4.69, 9.17) is 0 Å². The van der Waals surface area contributed by atoms with Crippen molar-refractivity contribution in [2.24, 2.45) is 4.99 Å². The number of guanidine groups is 1. The number of carbonyl (C=O) groups is 1. The third-order valence-electron chi connectivity index (χ3n) is 4.12. The fourth-order valence-electron chi connectivity index (χ4n) is 2.83. The normalized spacial score (nSPS) is 15.2. The van der Waals surface area contributed by atoms with Crippen LogP contribution in [-0.2, 0) is 11.3 Å². The molecule has 0 saturated heterocycles. The molecular formula is C18H26F2N4O. The SMILES string of the molecule is CCNC(=NCc1cc(F)ccc1F)NCCC(=O)NC1CCCC1. The molecular weight excluding hydrogens is 326 g/mol. The average Bonchev–Trinajstić information content (AvgIpc) is 3.08. The minimum atomic E-state index is -0.492. The zero-order valence-corrected chi connectivity index (χ0v) is 14.6. The summed E-state index contributed by atoms with van der Waals surface area (Å²) >= 11 is 0. The van der Waals surface area contributed by atoms with Gasteiger partial charge in [-0.25, -0.2) is 13.8 Å². The van der Waals surface area contributed by atoms with Gasteiger partial charge in [-0.05, 0) is 38.0 Å². The number of hydrogen-bond donors (Lipinski definition) is 3. The quantitative estimate of drug-likeness (QED) is 0.522. The number of benzene rings is 1. The van der Waals surface area contributed by atoms with Crippen molar-refractivity contribution in [2.45, 2.75) is 51.6 Å². The largest absolute Gasteiger partial charge is 0.357 e. The van der Waals surface area contributed by atoms with E-state index in [1.807, 2.05) is 6.92 Å². The summed E-state index contributed by atoms with van der Waals surface area (Å²) in [4.78, 5) is 16.1. The Kier molecular flexibility index (Phi) is 7.63. The molecule has 0 bridgehead atoms. The fourth-order valence-corrected chi connectivity index (χ4v) is 2.83. The van der Waals surface area contributed by atoms with Crippen LogP contribution in [0.25, 0.3) is 0 Å². The van der Waals surface area contributed by atoms with E-state index >= 15 is 0 Å². The van der Waals surface area contributed by atoms with E-state index < -0.39 is 11.6 Å². The Morgan fingerprint density at radius 1 is 1.24 bits per heavy atom. The van der Waals surface area contributed by atoms with Crippen molar-refractivity contribution in [3.63, 3.8) is 0 Å². The smallest absolute Gasteiger partial charge is 0.221 e. The van der Waals surface area contributed by atoms with E-state index in [-0.39, 0.29) is 18.0 Å². The van der Waals surface area contributed by atoms with Crippen LogP contribution in [0.3, 0.4) is 0 Å². The molecule has 7 heteroatoms. The van der Waals surface area contributed by atoms with Crippen molar-refractivity contribution in [3.8, 4) is 0 Å². The molecule has 1 aromatic rings. The molecule has 0 radical (unpaired) electrons. The van der Waals surface area contributed by atoms with E-state index in [0.29, 0.717) is 31.5 Å². The summed E-state index contributed by atoms with van der Waals surface area (Å²) in [6, 6.07) is 3.62. The predicted molar refractivity (Wildman–Crippen MR) is 94.2 cm³/mol. The number of rotatable bonds is 7. The van der Waals surface area contributed by atoms with Crippen LogP contribution in [0.5, 0.6) is 0 Å². The molecule has 0 atom stereocenters. The predicted octanol–water partition coefficient (Wildman–Crippen LogP) is 2.47. The van der Waals surface area contributed by atoms with Gasteiger partial charge in [-0.2, -0.15) is 0 Å². The van der Waals surface area contributed by atoms with E-state index in [0.717, 1.165) is 31.0 Å². The lowest BCUT2D eigenvalue weighted by Crippen LogP contribution is -2.40. The van der Waals surface area contributed by atoms with Crippen molar-refractivity contribution in [1.82, 2.24) is 16.0 Å². The number of nitrogens with zero attached hydrogens (tertiary/aromatic N) is 1. The van der Waals surface area contributed by atoms with Gasteiger partial charge in [-0.3, -0.25) is 4.79 Å². The molecule has 1 aliphatic carbocycles. The van der Waals surface area contributed by atoms with Crippen molar-refractivity contribution in [3.05, 3.63) is 35.4 Å². The van der Waals surface area contributed by atoms with Crippen LogP contribution in [0.2, 0.25) is 0 Å². The van der Waals surface area contributed by atoms with Gasteiger partial charge in [0.05, 0.1) is 6.54 Å². The van der Waals surface area contributed by atoms with Gasteiger partial charge in [0.15, 0.2) is 5.96 Å². The van der Waals surface area contributed by atoms with Crippen molar-refractivity contribution >= 4 is 11.9 Å². The monoisotopic (exact) mass is 352 g/mol. The highest BCUT2D eigenvalue weighted by molar-refractivity contribution is 5.81. The van der Waals surface area contributed by atoms with Gasteiger partial charge in [0.25, 0.3) is 0 Å². The Morgan fingerprint density at radius 2 is 2.00 bits per heavy atom. The molecule has 0 aliphatic heterocycles. The van der Waals surface area contributed by atoms with Crippen molar-refractivity contribution in [1.29, 1.82) is 0 Å². The molecule has 2 rings (SSSR count). The number of nitrogens with one attached hydrogen (secondary N) is 3. The van der Waals surface area contributed by atoms with Crippen molar-refractivity contribution < 1.29 is 13.6 Å². The van der Waals surface area contributed by atoms with Gasteiger partial charge >= 0.3 is 0 Å². The second-order valence-electron chi connectivity index (χ2n) is 6.16. The maximum atomic E-state index is 13.6. The summed E-state index contributed by atoms with van der Waals surface area (Å²) < 4.78 is 26.8. The number of halogens is 2. The summed E-state index contributed by atoms with van der Waals surface area (Å²) in [5.41, 5.74) is 0.191. The fraction of sp³-hybridized carbons (Fsp3) is 0.556. The lowest BCUT2D eigenvalue weighted by molar-refractivity contribution is -0.121. The highest BCUT2D eigenvalue weighted by Gasteiger charge is 2.16. The molecule has 3 N–H and O–H groups in total. The summed E-state index contributed by atoms with van der Waals surface area (Å²) in [6.45, 7) is 2.99. The maximum Gasteiger partial charge on any atom is 0.221 e. The second kappa shape index (κ2) is 9.96. The van der Waals surface area contributed by atoms with E-state index in [1.165, 1.54) is 12.8 Å². The minimum Gasteiger partial charge on any atom is -0.357 e. The highest BCUT2D eigenvalue weighted by Crippen LogP contribution is 2.17. The van der Waals surface area contributed by atoms with Crippen LogP contribution >= 0.6 is 0 Å². The minimum absolute atomic E-state index is 0.0198. The van der Waals surface area contributed by atoms with Crippen LogP contribution in [0, 0.1) is 11.6 Å². The van der Waals surface area contributed by atoms with Crippen LogP contribution in [0.1, 0.15) is 44.6 Å². The number of carbonyl (C=O) groups excluding carboxylic acids is 1. The van der Waals surface area contributed by atoms with Gasteiger partial charge < -0.3 is 16.0 Å². The lowest BCUT2D eigenvalue weighted by Gasteiger charge is -2.14. The van der Waals surface area contributed by atoms with Gasteiger partial charge in [0, 0.05) is 31.1 Å². The zero-order valence-electron chi connectivity index (χ0n) is 14.6. The lowest BCUT2D eigenvalue weighted by atomic mass is 10.2. The Bertz CT molecular complexity index is 601. The number of aliphatic imine (C=N–C) groups is 1. The average molecular weight is 352 g/mol. The zero-order chi connectivity index (χ0) is 18.1. The molecule has 25 heavy (non-hydrogen) atoms. The van der Waals surface area contributed by atoms with Crippen LogP contribution in [0.15, 0.2) is 23.2 Å². The molecule has 0 unspecified atom stereocenters. The maximum absolute atomic E-state index is 13.6. The van der Waals surface area contributed by atoms with Gasteiger partial charge in [0.2, 0.25) is 5.91 Å². The molecule has 1 aliphatic rings. The topological polar surface area (TPSA) is 65.5 Å². The first-order valence-electron chi connectivity index (χ1n) is 8.84. The molecule has 5 nitrogen and oxygen atoms in total. The van der Waals surface area contributed by atoms with Gasteiger partial charge in [0.1, 0.15) is 11.6 Å². The standard InChI is InChI=1S/C18H26F2N4O/c1-2-21-18(23-12-13-11-14(19)7-8-16(13)20)22-10-9-17(25)24-15-5-3-4-6-15/h7-8,11,15H,2-6,9-10,12H2,1H3,(H,24,25)(H2,21,22,23). The molecule has 0 spiro atoms. The number of amides is 1. The summed E-state index contributed by atoms with van der Waals surface area (Å²) in [7, 11) is 0.